The molecule has 1 aliphatic rings. The van der Waals surface area contributed by atoms with E-state index in [2.05, 4.69) is 25.9 Å². The number of pyridine rings is 1. The van der Waals surface area contributed by atoms with Gasteiger partial charge in [-0.05, 0) is 34.8 Å². The molecule has 0 radical (unpaired) electrons. The van der Waals surface area contributed by atoms with E-state index in [9.17, 15) is 9.18 Å². The summed E-state index contributed by atoms with van der Waals surface area (Å²) in [5, 5.41) is 0.716. The lowest BCUT2D eigenvalue weighted by molar-refractivity contribution is 0.109. The summed E-state index contributed by atoms with van der Waals surface area (Å²) in [5.41, 5.74) is 1.67. The molecule has 0 spiro atoms. The van der Waals surface area contributed by atoms with Crippen molar-refractivity contribution < 1.29 is 9.13 Å². The molecule has 1 N–H and O–H groups in total. The Morgan fingerprint density at radius 2 is 2.08 bits per heavy atom. The Labute approximate surface area is 147 Å². The van der Waals surface area contributed by atoms with Crippen molar-refractivity contribution in [3.8, 4) is 0 Å². The highest BCUT2D eigenvalue weighted by atomic mass is 79.9. The Morgan fingerprint density at radius 1 is 1.38 bits per heavy atom. The first kappa shape index (κ1) is 17.1. The Hall–Kier alpha value is -1.73. The minimum Gasteiger partial charge on any atom is -0.381 e. The van der Waals surface area contributed by atoms with Crippen LogP contribution in [0.3, 0.4) is 0 Å². The molecule has 4 rings (SSSR count). The minimum atomic E-state index is -0.373. The summed E-state index contributed by atoms with van der Waals surface area (Å²) in [6.45, 7) is 0. The van der Waals surface area contributed by atoms with E-state index < -0.39 is 0 Å². The normalized spacial score (nSPS) is 15.0. The predicted molar refractivity (Wildman–Crippen MR) is 95.8 cm³/mol. The average molecular weight is 396 g/mol. The molecule has 24 heavy (non-hydrogen) atoms. The number of nitrogens with one attached hydrogen (secondary N) is 1. The number of halogens is 2. The summed E-state index contributed by atoms with van der Waals surface area (Å²) in [6.07, 6.45) is 7.48. The number of aryl methyl sites for hydroxylation is 1. The molecule has 2 aromatic heterocycles. The van der Waals surface area contributed by atoms with Crippen LogP contribution in [0.2, 0.25) is 0 Å². The first-order chi connectivity index (χ1) is 11.5. The molecule has 128 valence electrons. The molecule has 0 unspecified atom stereocenters. The van der Waals surface area contributed by atoms with E-state index in [0.29, 0.717) is 32.5 Å². The fraction of sp³-hybridized carbons (Fsp3) is 0.412. The number of hydrogen-bond donors (Lipinski definition) is 1. The fourth-order valence-corrected chi connectivity index (χ4v) is 3.33. The maximum absolute atomic E-state index is 13.4. The highest BCUT2D eigenvalue weighted by Gasteiger charge is 2.12. The first-order valence-corrected chi connectivity index (χ1v) is 8.66. The van der Waals surface area contributed by atoms with E-state index in [1.807, 2.05) is 0 Å². The number of fused-ring (bicyclic) bond motifs is 3. The number of nitrogens with zero attached hydrogens (tertiary/aromatic N) is 2. The van der Waals surface area contributed by atoms with Gasteiger partial charge in [-0.2, -0.15) is 0 Å². The van der Waals surface area contributed by atoms with Gasteiger partial charge in [-0.3, -0.25) is 9.55 Å². The van der Waals surface area contributed by atoms with Gasteiger partial charge in [0, 0.05) is 25.6 Å². The summed E-state index contributed by atoms with van der Waals surface area (Å²) in [7, 11) is 3.46. The average Bonchev–Trinajstić information content (AvgIpc) is 3.19. The minimum absolute atomic E-state index is 0.213. The number of benzene rings is 1. The summed E-state index contributed by atoms with van der Waals surface area (Å²) in [5.74, 6) is -0.373. The lowest BCUT2D eigenvalue weighted by Crippen LogP contribution is -2.11. The number of ether oxygens (including phenoxy) is 1. The SMILES string of the molecule is COC1CCCC1.Cn1c(=O)[nH]c2c3cc(Br)c(F)cc3ncc21. The Kier molecular flexibility index (Phi) is 5.01. The third-order valence-corrected chi connectivity index (χ3v) is 5.03. The van der Waals surface area contributed by atoms with Crippen LogP contribution in [0.15, 0.2) is 27.6 Å². The lowest BCUT2D eigenvalue weighted by atomic mass is 10.2. The molecule has 3 aromatic rings. The molecule has 2 heterocycles. The van der Waals surface area contributed by atoms with E-state index in [1.165, 1.54) is 36.3 Å². The van der Waals surface area contributed by atoms with Crippen molar-refractivity contribution in [2.45, 2.75) is 31.8 Å². The van der Waals surface area contributed by atoms with Gasteiger partial charge in [0.1, 0.15) is 5.82 Å². The van der Waals surface area contributed by atoms with Crippen molar-refractivity contribution in [2.75, 3.05) is 7.11 Å². The van der Waals surface area contributed by atoms with Crippen LogP contribution >= 0.6 is 15.9 Å². The van der Waals surface area contributed by atoms with Gasteiger partial charge < -0.3 is 9.72 Å². The summed E-state index contributed by atoms with van der Waals surface area (Å²) in [4.78, 5) is 18.4. The standard InChI is InChI=1S/C11H7BrFN3O.C6H12O/c1-16-9-4-14-8-3-7(13)6(12)2-5(8)10(9)15-11(16)17;1-7-6-4-2-3-5-6/h2-4H,1H3,(H,15,17);6H,2-5H2,1H3. The number of aromatic amines is 1. The van der Waals surface area contributed by atoms with Gasteiger partial charge in [-0.1, -0.05) is 12.8 Å². The number of imidazole rings is 1. The monoisotopic (exact) mass is 395 g/mol. The third-order valence-electron chi connectivity index (χ3n) is 4.42. The number of H-pyrrole nitrogens is 1. The highest BCUT2D eigenvalue weighted by molar-refractivity contribution is 9.10. The number of hydrogen-bond acceptors (Lipinski definition) is 3. The molecule has 5 nitrogen and oxygen atoms in total. The first-order valence-electron chi connectivity index (χ1n) is 7.86. The molecule has 0 aliphatic heterocycles. The second kappa shape index (κ2) is 7.03. The Balaban J connectivity index is 0.000000203. The zero-order valence-corrected chi connectivity index (χ0v) is 15.2. The van der Waals surface area contributed by atoms with E-state index in [0.717, 1.165) is 0 Å². The molecule has 0 bridgehead atoms. The quantitative estimate of drug-likeness (QED) is 0.679. The van der Waals surface area contributed by atoms with Crippen LogP contribution in [0.5, 0.6) is 0 Å². The molecule has 1 aliphatic carbocycles. The van der Waals surface area contributed by atoms with Gasteiger partial charge in [-0.15, -0.1) is 0 Å². The smallest absolute Gasteiger partial charge is 0.326 e. The van der Waals surface area contributed by atoms with Gasteiger partial charge in [0.15, 0.2) is 0 Å². The van der Waals surface area contributed by atoms with Gasteiger partial charge in [-0.25, -0.2) is 9.18 Å². The molecular formula is C17H19BrFN3O2. The fourth-order valence-electron chi connectivity index (χ4n) is 2.99. The Bertz CT molecular complexity index is 929. The third kappa shape index (κ3) is 3.23. The van der Waals surface area contributed by atoms with Crippen molar-refractivity contribution >= 4 is 37.9 Å². The largest absolute Gasteiger partial charge is 0.381 e. The van der Waals surface area contributed by atoms with Crippen LogP contribution in [-0.4, -0.2) is 27.7 Å². The summed E-state index contributed by atoms with van der Waals surface area (Å²) < 4.78 is 20.3. The molecule has 0 amide bonds. The highest BCUT2D eigenvalue weighted by Crippen LogP contribution is 2.26. The molecule has 1 fully saturated rings. The molecule has 7 heteroatoms. The van der Waals surface area contributed by atoms with E-state index in [1.54, 1.807) is 26.4 Å². The number of rotatable bonds is 1. The van der Waals surface area contributed by atoms with Crippen LogP contribution in [0, 0.1) is 5.82 Å². The van der Waals surface area contributed by atoms with Crippen molar-refractivity contribution in [1.29, 1.82) is 0 Å². The second-order valence-electron chi connectivity index (χ2n) is 5.93. The van der Waals surface area contributed by atoms with E-state index in [-0.39, 0.29) is 11.5 Å². The van der Waals surface area contributed by atoms with Gasteiger partial charge in [0.2, 0.25) is 0 Å². The zero-order chi connectivity index (χ0) is 17.3. The lowest BCUT2D eigenvalue weighted by Gasteiger charge is -2.02. The number of aromatic nitrogens is 3. The molecule has 1 aromatic carbocycles. The van der Waals surface area contributed by atoms with Crippen molar-refractivity contribution in [3.05, 3.63) is 39.1 Å². The summed E-state index contributed by atoms with van der Waals surface area (Å²) in [6, 6.07) is 2.96. The second-order valence-corrected chi connectivity index (χ2v) is 6.79. The van der Waals surface area contributed by atoms with Crippen molar-refractivity contribution in [2.24, 2.45) is 7.05 Å². The van der Waals surface area contributed by atoms with Gasteiger partial charge in [0.25, 0.3) is 0 Å². The van der Waals surface area contributed by atoms with Crippen LogP contribution in [0.1, 0.15) is 25.7 Å². The van der Waals surface area contributed by atoms with Gasteiger partial charge >= 0.3 is 5.69 Å². The topological polar surface area (TPSA) is 59.9 Å². The van der Waals surface area contributed by atoms with Crippen LogP contribution in [-0.2, 0) is 11.8 Å². The van der Waals surface area contributed by atoms with Crippen LogP contribution in [0.25, 0.3) is 21.9 Å². The molecular weight excluding hydrogens is 377 g/mol. The zero-order valence-electron chi connectivity index (χ0n) is 13.6. The maximum atomic E-state index is 13.4. The van der Waals surface area contributed by atoms with E-state index in [4.69, 9.17) is 4.74 Å². The predicted octanol–water partition coefficient (Wildman–Crippen LogP) is 3.89. The van der Waals surface area contributed by atoms with Gasteiger partial charge in [0.05, 0.1) is 33.3 Å². The Morgan fingerprint density at radius 3 is 2.71 bits per heavy atom. The molecule has 1 saturated carbocycles. The van der Waals surface area contributed by atoms with Crippen molar-refractivity contribution in [1.82, 2.24) is 14.5 Å². The van der Waals surface area contributed by atoms with Crippen LogP contribution < -0.4 is 5.69 Å². The summed E-state index contributed by atoms with van der Waals surface area (Å²) >= 11 is 3.13. The number of methoxy groups -OCH3 is 1. The van der Waals surface area contributed by atoms with Crippen molar-refractivity contribution in [3.63, 3.8) is 0 Å². The molecule has 0 atom stereocenters. The van der Waals surface area contributed by atoms with E-state index >= 15 is 0 Å². The molecule has 0 saturated heterocycles. The van der Waals surface area contributed by atoms with Crippen LogP contribution in [0.4, 0.5) is 4.39 Å². The maximum Gasteiger partial charge on any atom is 0.326 e.